The molecule has 0 aromatic carbocycles. The van der Waals surface area contributed by atoms with Gasteiger partial charge in [0, 0.05) is 6.04 Å². The molecule has 0 spiro atoms. The third kappa shape index (κ3) is 2.89. The van der Waals surface area contributed by atoms with Gasteiger partial charge in [-0.05, 0) is 12.8 Å². The van der Waals surface area contributed by atoms with Gasteiger partial charge in [-0.15, -0.1) is 0 Å². The van der Waals surface area contributed by atoms with Crippen LogP contribution < -0.4 is 5.32 Å². The van der Waals surface area contributed by atoms with Crippen molar-refractivity contribution in [1.29, 1.82) is 0 Å². The number of hydrogen-bond donors (Lipinski definition) is 1. The van der Waals surface area contributed by atoms with Crippen molar-refractivity contribution in [2.24, 2.45) is 0 Å². The van der Waals surface area contributed by atoms with Crippen LogP contribution in [0.4, 0.5) is 0 Å². The number of hydrogen-bond acceptors (Lipinski definition) is 2. The summed E-state index contributed by atoms with van der Waals surface area (Å²) in [5, 5.41) is 2.88. The summed E-state index contributed by atoms with van der Waals surface area (Å²) in [5.74, 6) is -0.0492. The minimum Gasteiger partial charge on any atom is -0.369 e. The zero-order valence-corrected chi connectivity index (χ0v) is 6.64. The quantitative estimate of drug-likeness (QED) is 0.658. The molecule has 1 saturated carbocycles. The van der Waals surface area contributed by atoms with E-state index in [2.05, 4.69) is 17.2 Å². The van der Waals surface area contributed by atoms with Crippen LogP contribution in [0.1, 0.15) is 25.7 Å². The molecule has 0 heterocycles. The van der Waals surface area contributed by atoms with Crippen molar-refractivity contribution < 1.29 is 9.53 Å². The molecule has 63 valence electrons. The summed E-state index contributed by atoms with van der Waals surface area (Å²) in [7, 11) is 3.14. The predicted molar refractivity (Wildman–Crippen MR) is 41.7 cm³/mol. The number of rotatable bonds is 3. The Morgan fingerprint density at radius 3 is 2.73 bits per heavy atom. The minimum absolute atomic E-state index is 0.0492. The Morgan fingerprint density at radius 1 is 1.55 bits per heavy atom. The van der Waals surface area contributed by atoms with E-state index in [1.807, 2.05) is 0 Å². The van der Waals surface area contributed by atoms with Crippen LogP contribution in [0.5, 0.6) is 0 Å². The molecule has 3 nitrogen and oxygen atoms in total. The van der Waals surface area contributed by atoms with E-state index < -0.39 is 0 Å². The standard InChI is InChI=1S/C8H14NO2/c1-11-6-8(10)9-7-4-2-3-5-7/h7H,1-6H2,(H,9,10). The van der Waals surface area contributed by atoms with Gasteiger partial charge < -0.3 is 10.1 Å². The Morgan fingerprint density at radius 2 is 2.18 bits per heavy atom. The van der Waals surface area contributed by atoms with Crippen LogP contribution in [-0.4, -0.2) is 18.6 Å². The summed E-state index contributed by atoms with van der Waals surface area (Å²) in [6, 6.07) is 0.387. The van der Waals surface area contributed by atoms with E-state index in [0.29, 0.717) is 6.04 Å². The zero-order valence-electron chi connectivity index (χ0n) is 6.64. The highest BCUT2D eigenvalue weighted by molar-refractivity contribution is 5.77. The van der Waals surface area contributed by atoms with Crippen LogP contribution in [0.3, 0.4) is 0 Å². The largest absolute Gasteiger partial charge is 0.369 e. The van der Waals surface area contributed by atoms with Crippen molar-refractivity contribution in [1.82, 2.24) is 5.32 Å². The first-order valence-electron chi connectivity index (χ1n) is 3.99. The normalized spacial score (nSPS) is 18.6. The first-order chi connectivity index (χ1) is 5.33. The lowest BCUT2D eigenvalue weighted by molar-refractivity contribution is -0.124. The molecule has 1 amide bonds. The fraction of sp³-hybridized carbons (Fsp3) is 0.750. The van der Waals surface area contributed by atoms with E-state index in [-0.39, 0.29) is 12.5 Å². The van der Waals surface area contributed by atoms with Crippen LogP contribution in [0.25, 0.3) is 0 Å². The van der Waals surface area contributed by atoms with E-state index in [4.69, 9.17) is 0 Å². The van der Waals surface area contributed by atoms with Gasteiger partial charge in [0.2, 0.25) is 5.91 Å². The summed E-state index contributed by atoms with van der Waals surface area (Å²) >= 11 is 0. The zero-order chi connectivity index (χ0) is 8.10. The number of nitrogens with one attached hydrogen (secondary N) is 1. The second kappa shape index (κ2) is 4.34. The van der Waals surface area contributed by atoms with E-state index in [9.17, 15) is 4.79 Å². The molecule has 0 aromatic heterocycles. The van der Waals surface area contributed by atoms with Gasteiger partial charge in [0.25, 0.3) is 0 Å². The van der Waals surface area contributed by atoms with Gasteiger partial charge in [-0.3, -0.25) is 4.79 Å². The molecule has 1 aliphatic rings. The molecule has 0 aromatic rings. The Labute approximate surface area is 67.1 Å². The molecule has 1 fully saturated rings. The predicted octanol–water partition coefficient (Wildman–Crippen LogP) is 0.853. The molecule has 0 aliphatic heterocycles. The van der Waals surface area contributed by atoms with Crippen LogP contribution in [0.2, 0.25) is 0 Å². The van der Waals surface area contributed by atoms with Crippen molar-refractivity contribution in [3.8, 4) is 0 Å². The van der Waals surface area contributed by atoms with Gasteiger partial charge in [0.15, 0.2) is 0 Å². The van der Waals surface area contributed by atoms with Crippen molar-refractivity contribution >= 4 is 5.91 Å². The molecule has 0 unspecified atom stereocenters. The van der Waals surface area contributed by atoms with Crippen LogP contribution in [-0.2, 0) is 9.53 Å². The second-order valence-electron chi connectivity index (χ2n) is 2.90. The highest BCUT2D eigenvalue weighted by Gasteiger charge is 2.16. The molecular weight excluding hydrogens is 142 g/mol. The third-order valence-electron chi connectivity index (χ3n) is 1.95. The lowest BCUT2D eigenvalue weighted by Crippen LogP contribution is -2.34. The van der Waals surface area contributed by atoms with Crippen molar-refractivity contribution in [2.75, 3.05) is 6.61 Å². The molecule has 0 bridgehead atoms. The monoisotopic (exact) mass is 156 g/mol. The molecule has 1 rings (SSSR count). The maximum Gasteiger partial charge on any atom is 0.246 e. The molecule has 1 N–H and O–H groups in total. The maximum atomic E-state index is 10.9. The topological polar surface area (TPSA) is 38.3 Å². The summed E-state index contributed by atoms with van der Waals surface area (Å²) < 4.78 is 4.45. The number of carbonyl (C=O) groups excluding carboxylic acids is 1. The molecular formula is C8H14NO2. The number of amides is 1. The molecule has 3 heteroatoms. The van der Waals surface area contributed by atoms with Crippen molar-refractivity contribution in [2.45, 2.75) is 31.7 Å². The van der Waals surface area contributed by atoms with Gasteiger partial charge in [-0.2, -0.15) is 0 Å². The van der Waals surface area contributed by atoms with Gasteiger partial charge in [0.1, 0.15) is 6.61 Å². The molecule has 11 heavy (non-hydrogen) atoms. The van der Waals surface area contributed by atoms with Gasteiger partial charge in [-0.25, -0.2) is 0 Å². The Kier molecular flexibility index (Phi) is 3.36. The van der Waals surface area contributed by atoms with Gasteiger partial charge in [-0.1, -0.05) is 12.8 Å². The smallest absolute Gasteiger partial charge is 0.246 e. The van der Waals surface area contributed by atoms with Crippen molar-refractivity contribution in [3.63, 3.8) is 0 Å². The van der Waals surface area contributed by atoms with Crippen LogP contribution >= 0.6 is 0 Å². The summed E-state index contributed by atoms with van der Waals surface area (Å²) in [5.41, 5.74) is 0. The van der Waals surface area contributed by atoms with Crippen LogP contribution in [0, 0.1) is 7.11 Å². The van der Waals surface area contributed by atoms with Gasteiger partial charge in [0.05, 0.1) is 7.11 Å². The lowest BCUT2D eigenvalue weighted by Gasteiger charge is -2.10. The highest BCUT2D eigenvalue weighted by atomic mass is 16.5. The highest BCUT2D eigenvalue weighted by Crippen LogP contribution is 2.17. The number of carbonyl (C=O) groups is 1. The average molecular weight is 156 g/mol. The van der Waals surface area contributed by atoms with Gasteiger partial charge >= 0.3 is 0 Å². The first-order valence-corrected chi connectivity index (χ1v) is 3.99. The Bertz CT molecular complexity index is 130. The second-order valence-corrected chi connectivity index (χ2v) is 2.90. The lowest BCUT2D eigenvalue weighted by atomic mass is 10.2. The Balaban J connectivity index is 2.13. The van der Waals surface area contributed by atoms with E-state index in [1.54, 1.807) is 0 Å². The molecule has 0 atom stereocenters. The first kappa shape index (κ1) is 8.53. The summed E-state index contributed by atoms with van der Waals surface area (Å²) in [6.45, 7) is 0.0799. The van der Waals surface area contributed by atoms with Crippen molar-refractivity contribution in [3.05, 3.63) is 7.11 Å². The minimum atomic E-state index is -0.0492. The average Bonchev–Trinajstić information content (AvgIpc) is 2.40. The fourth-order valence-corrected chi connectivity index (χ4v) is 1.43. The maximum absolute atomic E-state index is 10.9. The summed E-state index contributed by atoms with van der Waals surface area (Å²) in [4.78, 5) is 10.9. The van der Waals surface area contributed by atoms with Crippen LogP contribution in [0.15, 0.2) is 0 Å². The van der Waals surface area contributed by atoms with E-state index in [1.165, 1.54) is 12.8 Å². The Hall–Kier alpha value is -0.570. The molecule has 1 aliphatic carbocycles. The fourth-order valence-electron chi connectivity index (χ4n) is 1.43. The number of ether oxygens (including phenoxy) is 1. The SMILES string of the molecule is [CH2]OCC(=O)NC1CCCC1. The molecule has 0 saturated heterocycles. The summed E-state index contributed by atoms with van der Waals surface area (Å²) in [6.07, 6.45) is 4.69. The van der Waals surface area contributed by atoms with E-state index in [0.717, 1.165) is 12.8 Å². The van der Waals surface area contributed by atoms with E-state index >= 15 is 0 Å². The third-order valence-corrected chi connectivity index (χ3v) is 1.95. The molecule has 1 radical (unpaired) electrons.